The summed E-state index contributed by atoms with van der Waals surface area (Å²) in [6.45, 7) is 0.815. The van der Waals surface area contributed by atoms with Gasteiger partial charge >= 0.3 is 0 Å². The van der Waals surface area contributed by atoms with E-state index in [1.807, 2.05) is 28.8 Å². The van der Waals surface area contributed by atoms with Gasteiger partial charge in [0.05, 0.1) is 24.7 Å². The Labute approximate surface area is 167 Å². The van der Waals surface area contributed by atoms with Crippen LogP contribution in [0.3, 0.4) is 0 Å². The number of nitrogens with one attached hydrogen (secondary N) is 1. The number of hydrogen-bond acceptors (Lipinski definition) is 3. The summed E-state index contributed by atoms with van der Waals surface area (Å²) in [5.41, 5.74) is 3.32. The van der Waals surface area contributed by atoms with Crippen LogP contribution in [0.2, 0.25) is 0 Å². The molecule has 1 aromatic heterocycles. The fourth-order valence-corrected chi connectivity index (χ4v) is 3.21. The van der Waals surface area contributed by atoms with Crippen molar-refractivity contribution in [1.82, 2.24) is 14.9 Å². The van der Waals surface area contributed by atoms with Gasteiger partial charge in [0, 0.05) is 12.1 Å². The van der Waals surface area contributed by atoms with E-state index in [0.717, 1.165) is 22.4 Å². The number of aromatic nitrogens is 2. The average molecular weight is 389 g/mol. The van der Waals surface area contributed by atoms with Gasteiger partial charge in [0.2, 0.25) is 0 Å². The number of carbonyl (C=O) groups is 1. The Hall–Kier alpha value is -3.67. The first-order chi connectivity index (χ1) is 14.1. The van der Waals surface area contributed by atoms with E-state index < -0.39 is 0 Å². The Balaban J connectivity index is 1.57. The minimum atomic E-state index is -0.267. The first-order valence-corrected chi connectivity index (χ1v) is 9.25. The number of amides is 1. The van der Waals surface area contributed by atoms with E-state index in [1.165, 1.54) is 12.1 Å². The Bertz CT molecular complexity index is 1140. The minimum absolute atomic E-state index is 0.187. The number of para-hydroxylation sites is 2. The summed E-state index contributed by atoms with van der Waals surface area (Å²) in [7, 11) is 1.58. The number of halogens is 1. The van der Waals surface area contributed by atoms with Crippen molar-refractivity contribution >= 4 is 16.9 Å². The first-order valence-electron chi connectivity index (χ1n) is 9.25. The summed E-state index contributed by atoms with van der Waals surface area (Å²) >= 11 is 0. The number of imidazole rings is 1. The van der Waals surface area contributed by atoms with Crippen molar-refractivity contribution in [2.24, 2.45) is 0 Å². The Morgan fingerprint density at radius 1 is 1.03 bits per heavy atom. The topological polar surface area (TPSA) is 56.1 Å². The Morgan fingerprint density at radius 3 is 2.48 bits per heavy atom. The van der Waals surface area contributed by atoms with Gasteiger partial charge < -0.3 is 14.6 Å². The largest absolute Gasteiger partial charge is 0.497 e. The van der Waals surface area contributed by atoms with Crippen LogP contribution in [0.15, 0.2) is 72.8 Å². The van der Waals surface area contributed by atoms with Crippen LogP contribution < -0.4 is 10.1 Å². The van der Waals surface area contributed by atoms with E-state index in [0.29, 0.717) is 17.9 Å². The average Bonchev–Trinajstić information content (AvgIpc) is 3.11. The number of hydrogen-bond donors (Lipinski definition) is 1. The number of benzene rings is 3. The minimum Gasteiger partial charge on any atom is -0.497 e. The lowest BCUT2D eigenvalue weighted by Crippen LogP contribution is -2.24. The third kappa shape index (κ3) is 4.11. The maximum absolute atomic E-state index is 13.2. The second kappa shape index (κ2) is 8.14. The molecule has 6 heteroatoms. The van der Waals surface area contributed by atoms with Gasteiger partial charge in [-0.05, 0) is 54.1 Å². The van der Waals surface area contributed by atoms with Crippen LogP contribution in [0.25, 0.3) is 11.0 Å². The zero-order chi connectivity index (χ0) is 20.2. The van der Waals surface area contributed by atoms with Crippen LogP contribution in [-0.4, -0.2) is 22.6 Å². The van der Waals surface area contributed by atoms with Crippen molar-refractivity contribution in [3.8, 4) is 5.75 Å². The van der Waals surface area contributed by atoms with Gasteiger partial charge in [0.15, 0.2) is 0 Å². The fourth-order valence-electron chi connectivity index (χ4n) is 3.21. The molecule has 1 heterocycles. The number of fused-ring (bicyclic) bond motifs is 1. The van der Waals surface area contributed by atoms with Crippen molar-refractivity contribution in [3.05, 3.63) is 95.6 Å². The highest BCUT2D eigenvalue weighted by Crippen LogP contribution is 2.19. The molecule has 0 saturated carbocycles. The van der Waals surface area contributed by atoms with E-state index in [2.05, 4.69) is 10.3 Å². The molecule has 4 rings (SSSR count). The molecule has 0 spiro atoms. The highest BCUT2D eigenvalue weighted by Gasteiger charge is 2.13. The number of carbonyl (C=O) groups excluding carboxylic acids is 1. The van der Waals surface area contributed by atoms with E-state index in [4.69, 9.17) is 4.74 Å². The second-order valence-corrected chi connectivity index (χ2v) is 6.64. The monoisotopic (exact) mass is 389 g/mol. The van der Waals surface area contributed by atoms with E-state index in [1.54, 1.807) is 43.5 Å². The molecule has 29 heavy (non-hydrogen) atoms. The molecular formula is C23H20FN3O2. The third-order valence-electron chi connectivity index (χ3n) is 4.75. The lowest BCUT2D eigenvalue weighted by atomic mass is 10.2. The molecule has 0 aliphatic carbocycles. The quantitative estimate of drug-likeness (QED) is 0.539. The van der Waals surface area contributed by atoms with Crippen LogP contribution in [0.5, 0.6) is 5.75 Å². The van der Waals surface area contributed by atoms with Crippen LogP contribution in [0.1, 0.15) is 21.7 Å². The predicted molar refractivity (Wildman–Crippen MR) is 109 cm³/mol. The molecule has 0 saturated heterocycles. The number of nitrogens with zero attached hydrogens (tertiary/aromatic N) is 2. The Kier molecular flexibility index (Phi) is 5.24. The van der Waals surface area contributed by atoms with Crippen LogP contribution >= 0.6 is 0 Å². The normalized spacial score (nSPS) is 10.8. The molecule has 0 radical (unpaired) electrons. The molecule has 0 aliphatic rings. The summed E-state index contributed by atoms with van der Waals surface area (Å²) in [6.07, 6.45) is 0. The highest BCUT2D eigenvalue weighted by atomic mass is 19.1. The standard InChI is InChI=1S/C23H20FN3O2/c1-29-19-12-8-17(9-13-19)23(28)25-14-22-26-20-4-2-3-5-21(20)27(22)15-16-6-10-18(24)11-7-16/h2-13H,14-15H2,1H3,(H,25,28). The van der Waals surface area contributed by atoms with Gasteiger partial charge in [-0.2, -0.15) is 0 Å². The zero-order valence-corrected chi connectivity index (χ0v) is 15.9. The van der Waals surface area contributed by atoms with E-state index in [9.17, 15) is 9.18 Å². The molecule has 1 amide bonds. The molecule has 0 aliphatic heterocycles. The molecule has 0 unspecified atom stereocenters. The lowest BCUT2D eigenvalue weighted by Gasteiger charge is -2.11. The van der Waals surface area contributed by atoms with Gasteiger partial charge in [-0.3, -0.25) is 4.79 Å². The Morgan fingerprint density at radius 2 is 1.76 bits per heavy atom. The van der Waals surface area contributed by atoms with E-state index in [-0.39, 0.29) is 18.3 Å². The van der Waals surface area contributed by atoms with Crippen molar-refractivity contribution in [2.75, 3.05) is 7.11 Å². The highest BCUT2D eigenvalue weighted by molar-refractivity contribution is 5.94. The summed E-state index contributed by atoms with van der Waals surface area (Å²) in [6, 6.07) is 21.1. The van der Waals surface area contributed by atoms with Gasteiger partial charge in [0.1, 0.15) is 17.4 Å². The molecule has 0 atom stereocenters. The van der Waals surface area contributed by atoms with Gasteiger partial charge in [-0.1, -0.05) is 24.3 Å². The molecule has 0 fully saturated rings. The fraction of sp³-hybridized carbons (Fsp3) is 0.130. The smallest absolute Gasteiger partial charge is 0.251 e. The van der Waals surface area contributed by atoms with Crippen molar-refractivity contribution < 1.29 is 13.9 Å². The van der Waals surface area contributed by atoms with E-state index >= 15 is 0 Å². The molecule has 5 nitrogen and oxygen atoms in total. The lowest BCUT2D eigenvalue weighted by molar-refractivity contribution is 0.0949. The van der Waals surface area contributed by atoms with Crippen LogP contribution in [-0.2, 0) is 13.1 Å². The summed E-state index contributed by atoms with van der Waals surface area (Å²) in [5.74, 6) is 0.976. The molecular weight excluding hydrogens is 369 g/mol. The molecule has 4 aromatic rings. The SMILES string of the molecule is COc1ccc(C(=O)NCc2nc3ccccc3n2Cc2ccc(F)cc2)cc1. The number of rotatable bonds is 6. The zero-order valence-electron chi connectivity index (χ0n) is 15.9. The van der Waals surface area contributed by atoms with Crippen LogP contribution in [0.4, 0.5) is 4.39 Å². The van der Waals surface area contributed by atoms with Crippen molar-refractivity contribution in [1.29, 1.82) is 0 Å². The number of methoxy groups -OCH3 is 1. The summed E-state index contributed by atoms with van der Waals surface area (Å²) in [4.78, 5) is 17.2. The second-order valence-electron chi connectivity index (χ2n) is 6.64. The molecule has 146 valence electrons. The van der Waals surface area contributed by atoms with Crippen molar-refractivity contribution in [2.45, 2.75) is 13.1 Å². The number of ether oxygens (including phenoxy) is 1. The maximum atomic E-state index is 13.2. The van der Waals surface area contributed by atoms with Gasteiger partial charge in [-0.15, -0.1) is 0 Å². The maximum Gasteiger partial charge on any atom is 0.251 e. The predicted octanol–water partition coefficient (Wildman–Crippen LogP) is 4.16. The summed E-state index contributed by atoms with van der Waals surface area (Å²) in [5, 5.41) is 2.93. The van der Waals surface area contributed by atoms with Gasteiger partial charge in [0.25, 0.3) is 5.91 Å². The van der Waals surface area contributed by atoms with Gasteiger partial charge in [-0.25, -0.2) is 9.37 Å². The molecule has 0 bridgehead atoms. The van der Waals surface area contributed by atoms with Crippen molar-refractivity contribution in [3.63, 3.8) is 0 Å². The molecule has 1 N–H and O–H groups in total. The molecule has 3 aromatic carbocycles. The third-order valence-corrected chi connectivity index (χ3v) is 4.75. The first kappa shape index (κ1) is 18.7. The summed E-state index contributed by atoms with van der Waals surface area (Å²) < 4.78 is 20.4. The van der Waals surface area contributed by atoms with Crippen LogP contribution in [0, 0.1) is 5.82 Å².